The zero-order valence-corrected chi connectivity index (χ0v) is 13.6. The van der Waals surface area contributed by atoms with Crippen LogP contribution in [0.2, 0.25) is 5.02 Å². The van der Waals surface area contributed by atoms with Crippen molar-refractivity contribution in [1.82, 2.24) is 10.1 Å². The van der Waals surface area contributed by atoms with E-state index in [9.17, 15) is 0 Å². The first-order valence-corrected chi connectivity index (χ1v) is 7.51. The molecule has 6 nitrogen and oxygen atoms in total. The molecule has 0 bridgehead atoms. The van der Waals surface area contributed by atoms with Crippen LogP contribution < -0.4 is 4.74 Å². The van der Waals surface area contributed by atoms with Crippen LogP contribution in [0, 0.1) is 0 Å². The zero-order chi connectivity index (χ0) is 16.8. The van der Waals surface area contributed by atoms with E-state index in [1.807, 2.05) is 36.4 Å². The van der Waals surface area contributed by atoms with Crippen LogP contribution in [0.25, 0.3) is 11.4 Å². The monoisotopic (exact) mass is 343 g/mol. The molecule has 24 heavy (non-hydrogen) atoms. The van der Waals surface area contributed by atoms with E-state index in [4.69, 9.17) is 25.7 Å². The molecule has 0 aliphatic carbocycles. The molecule has 0 spiro atoms. The lowest BCUT2D eigenvalue weighted by Gasteiger charge is -2.02. The Morgan fingerprint density at radius 2 is 2.08 bits per heavy atom. The zero-order valence-electron chi connectivity index (χ0n) is 12.8. The van der Waals surface area contributed by atoms with E-state index in [0.29, 0.717) is 22.5 Å². The van der Waals surface area contributed by atoms with E-state index < -0.39 is 0 Å². The Morgan fingerprint density at radius 3 is 2.92 bits per heavy atom. The molecule has 1 heterocycles. The van der Waals surface area contributed by atoms with Gasteiger partial charge in [0.1, 0.15) is 5.75 Å². The summed E-state index contributed by atoms with van der Waals surface area (Å²) in [6, 6.07) is 14.7. The Hall–Kier alpha value is -2.86. The molecule has 7 heteroatoms. The van der Waals surface area contributed by atoms with Crippen LogP contribution in [-0.2, 0) is 11.4 Å². The third-order valence-electron chi connectivity index (χ3n) is 3.14. The summed E-state index contributed by atoms with van der Waals surface area (Å²) >= 11 is 5.95. The fourth-order valence-electron chi connectivity index (χ4n) is 2.02. The molecule has 0 aliphatic rings. The number of para-hydroxylation sites is 1. The average Bonchev–Trinajstić information content (AvgIpc) is 3.08. The first kappa shape index (κ1) is 16.0. The molecule has 1 aromatic heterocycles. The van der Waals surface area contributed by atoms with Crippen LogP contribution in [0.5, 0.6) is 5.75 Å². The standard InChI is InChI=1S/C17H14ClN3O3/c1-22-15-8-3-2-5-13(15)10-19-23-11-16-20-17(21-24-16)12-6-4-7-14(18)9-12/h2-10H,11H2,1H3/b19-10-. The van der Waals surface area contributed by atoms with Crippen molar-refractivity contribution in [1.29, 1.82) is 0 Å². The second-order valence-corrected chi connectivity index (χ2v) is 5.21. The maximum absolute atomic E-state index is 5.95. The van der Waals surface area contributed by atoms with Gasteiger partial charge in [-0.15, -0.1) is 0 Å². The van der Waals surface area contributed by atoms with Gasteiger partial charge in [0.2, 0.25) is 5.82 Å². The molecule has 0 radical (unpaired) electrons. The SMILES string of the molecule is COc1ccccc1/C=N\OCc1nc(-c2cccc(Cl)c2)no1. The van der Waals surface area contributed by atoms with Crippen molar-refractivity contribution < 1.29 is 14.1 Å². The molecule has 0 atom stereocenters. The highest BCUT2D eigenvalue weighted by atomic mass is 35.5. The highest BCUT2D eigenvalue weighted by Gasteiger charge is 2.09. The quantitative estimate of drug-likeness (QED) is 0.500. The number of benzene rings is 2. The number of oxime groups is 1. The topological polar surface area (TPSA) is 69.7 Å². The van der Waals surface area contributed by atoms with Crippen LogP contribution in [0.3, 0.4) is 0 Å². The normalized spacial score (nSPS) is 10.9. The summed E-state index contributed by atoms with van der Waals surface area (Å²) in [5.74, 6) is 1.48. The predicted molar refractivity (Wildman–Crippen MR) is 90.1 cm³/mol. The number of hydrogen-bond acceptors (Lipinski definition) is 6. The lowest BCUT2D eigenvalue weighted by atomic mass is 10.2. The number of rotatable bonds is 6. The van der Waals surface area contributed by atoms with E-state index in [1.165, 1.54) is 0 Å². The molecular weight excluding hydrogens is 330 g/mol. The maximum Gasteiger partial charge on any atom is 0.267 e. The molecular formula is C17H14ClN3O3. The number of methoxy groups -OCH3 is 1. The minimum Gasteiger partial charge on any atom is -0.496 e. The summed E-state index contributed by atoms with van der Waals surface area (Å²) in [5.41, 5.74) is 1.58. The molecule has 0 N–H and O–H groups in total. The number of hydrogen-bond donors (Lipinski definition) is 0. The summed E-state index contributed by atoms with van der Waals surface area (Å²) in [7, 11) is 1.60. The minimum absolute atomic E-state index is 0.0687. The van der Waals surface area contributed by atoms with Crippen molar-refractivity contribution in [3.8, 4) is 17.1 Å². The van der Waals surface area contributed by atoms with Gasteiger partial charge in [0.05, 0.1) is 13.3 Å². The van der Waals surface area contributed by atoms with Gasteiger partial charge in [0, 0.05) is 16.1 Å². The molecule has 0 saturated carbocycles. The summed E-state index contributed by atoms with van der Waals surface area (Å²) < 4.78 is 10.4. The fourth-order valence-corrected chi connectivity index (χ4v) is 2.21. The number of aromatic nitrogens is 2. The van der Waals surface area contributed by atoms with Crippen molar-refractivity contribution >= 4 is 17.8 Å². The van der Waals surface area contributed by atoms with Gasteiger partial charge < -0.3 is 14.1 Å². The van der Waals surface area contributed by atoms with Crippen molar-refractivity contribution in [3.63, 3.8) is 0 Å². The Bertz CT molecular complexity index is 848. The van der Waals surface area contributed by atoms with Crippen LogP contribution in [0.1, 0.15) is 11.5 Å². The van der Waals surface area contributed by atoms with Crippen LogP contribution in [0.15, 0.2) is 58.2 Å². The predicted octanol–water partition coefficient (Wildman–Crippen LogP) is 3.95. The Morgan fingerprint density at radius 1 is 1.21 bits per heavy atom. The smallest absolute Gasteiger partial charge is 0.267 e. The van der Waals surface area contributed by atoms with Crippen molar-refractivity contribution in [3.05, 3.63) is 65.0 Å². The van der Waals surface area contributed by atoms with E-state index in [2.05, 4.69) is 15.3 Å². The molecule has 2 aromatic carbocycles. The van der Waals surface area contributed by atoms with Gasteiger partial charge in [0.15, 0.2) is 6.61 Å². The number of halogens is 1. The fraction of sp³-hybridized carbons (Fsp3) is 0.118. The molecule has 0 unspecified atom stereocenters. The average molecular weight is 344 g/mol. The first-order chi connectivity index (χ1) is 11.8. The largest absolute Gasteiger partial charge is 0.496 e. The lowest BCUT2D eigenvalue weighted by molar-refractivity contribution is 0.107. The highest BCUT2D eigenvalue weighted by Crippen LogP contribution is 2.20. The van der Waals surface area contributed by atoms with Gasteiger partial charge in [-0.25, -0.2) is 0 Å². The van der Waals surface area contributed by atoms with E-state index in [0.717, 1.165) is 11.1 Å². The van der Waals surface area contributed by atoms with E-state index in [1.54, 1.807) is 25.5 Å². The molecule has 0 saturated heterocycles. The van der Waals surface area contributed by atoms with Gasteiger partial charge in [-0.1, -0.05) is 46.2 Å². The van der Waals surface area contributed by atoms with Crippen molar-refractivity contribution in [2.24, 2.45) is 5.16 Å². The minimum atomic E-state index is 0.0687. The van der Waals surface area contributed by atoms with Gasteiger partial charge >= 0.3 is 0 Å². The highest BCUT2D eigenvalue weighted by molar-refractivity contribution is 6.30. The summed E-state index contributed by atoms with van der Waals surface area (Å²) in [6.07, 6.45) is 1.56. The third kappa shape index (κ3) is 3.91. The second-order valence-electron chi connectivity index (χ2n) is 4.77. The first-order valence-electron chi connectivity index (χ1n) is 7.13. The Balaban J connectivity index is 1.61. The molecule has 122 valence electrons. The molecule has 3 aromatic rings. The van der Waals surface area contributed by atoms with Gasteiger partial charge in [-0.3, -0.25) is 0 Å². The van der Waals surface area contributed by atoms with E-state index >= 15 is 0 Å². The van der Waals surface area contributed by atoms with E-state index in [-0.39, 0.29) is 6.61 Å². The van der Waals surface area contributed by atoms with Crippen molar-refractivity contribution in [2.75, 3.05) is 7.11 Å². The molecule has 0 fully saturated rings. The third-order valence-corrected chi connectivity index (χ3v) is 3.38. The summed E-state index contributed by atoms with van der Waals surface area (Å²) in [4.78, 5) is 9.43. The van der Waals surface area contributed by atoms with Crippen molar-refractivity contribution in [2.45, 2.75) is 6.61 Å². The Kier molecular flexibility index (Phi) is 5.08. The molecule has 0 amide bonds. The van der Waals surface area contributed by atoms with Gasteiger partial charge in [-0.05, 0) is 24.3 Å². The number of ether oxygens (including phenoxy) is 1. The molecule has 3 rings (SSSR count). The Labute approximate surface area is 143 Å². The van der Waals surface area contributed by atoms with Crippen LogP contribution >= 0.6 is 11.6 Å². The second kappa shape index (κ2) is 7.61. The number of nitrogens with zero attached hydrogens (tertiary/aromatic N) is 3. The lowest BCUT2D eigenvalue weighted by Crippen LogP contribution is -1.92. The van der Waals surface area contributed by atoms with Gasteiger partial charge in [-0.2, -0.15) is 4.98 Å². The summed E-state index contributed by atoms with van der Waals surface area (Å²) in [5, 5.41) is 8.39. The maximum atomic E-state index is 5.95. The van der Waals surface area contributed by atoms with Crippen LogP contribution in [0.4, 0.5) is 0 Å². The molecule has 0 aliphatic heterocycles. The van der Waals surface area contributed by atoms with Crippen LogP contribution in [-0.4, -0.2) is 23.5 Å². The summed E-state index contributed by atoms with van der Waals surface area (Å²) in [6.45, 7) is 0.0687. The van der Waals surface area contributed by atoms with Gasteiger partial charge in [0.25, 0.3) is 5.89 Å².